The number of benzene rings is 1. The van der Waals surface area contributed by atoms with Gasteiger partial charge in [-0.25, -0.2) is 0 Å². The molecule has 1 fully saturated rings. The molecule has 6 heteroatoms. The summed E-state index contributed by atoms with van der Waals surface area (Å²) in [4.78, 5) is 17.7. The van der Waals surface area contributed by atoms with E-state index in [4.69, 9.17) is 4.74 Å². The lowest BCUT2D eigenvalue weighted by Gasteiger charge is -2.17. The molecular formula is C18H18N4O2. The number of aromatic amines is 1. The zero-order valence-corrected chi connectivity index (χ0v) is 13.4. The summed E-state index contributed by atoms with van der Waals surface area (Å²) in [7, 11) is 0. The number of aryl methyl sites for hydroxylation is 1. The number of rotatable bonds is 3. The van der Waals surface area contributed by atoms with E-state index in [2.05, 4.69) is 15.2 Å². The zero-order chi connectivity index (χ0) is 16.5. The number of H-pyrrole nitrogens is 1. The van der Waals surface area contributed by atoms with Crippen molar-refractivity contribution in [3.05, 3.63) is 53.9 Å². The van der Waals surface area contributed by atoms with Gasteiger partial charge in [0.2, 0.25) is 5.88 Å². The standard InChI is InChI=1S/C18H18N4O2/c1-12-2-5-17(21-20-12)24-15-7-9-22(11-15)18(23)14-3-4-16-13(10-14)6-8-19-16/h2-6,8,10,15,19H,7,9,11H2,1H3/t15-/m0/s1. The Bertz CT molecular complexity index is 872. The molecule has 0 bridgehead atoms. The van der Waals surface area contributed by atoms with E-state index >= 15 is 0 Å². The summed E-state index contributed by atoms with van der Waals surface area (Å²) in [6.45, 7) is 3.14. The van der Waals surface area contributed by atoms with Crippen molar-refractivity contribution in [2.45, 2.75) is 19.4 Å². The minimum atomic E-state index is -0.0399. The van der Waals surface area contributed by atoms with E-state index in [0.29, 0.717) is 24.5 Å². The summed E-state index contributed by atoms with van der Waals surface area (Å²) in [6.07, 6.45) is 2.64. The van der Waals surface area contributed by atoms with Crippen LogP contribution in [0.5, 0.6) is 5.88 Å². The van der Waals surface area contributed by atoms with Gasteiger partial charge in [-0.05, 0) is 37.3 Å². The van der Waals surface area contributed by atoms with E-state index in [1.807, 2.05) is 54.4 Å². The average molecular weight is 322 g/mol. The summed E-state index contributed by atoms with van der Waals surface area (Å²) < 4.78 is 5.83. The second kappa shape index (κ2) is 5.96. The Labute approximate surface area is 139 Å². The highest BCUT2D eigenvalue weighted by molar-refractivity contribution is 5.98. The van der Waals surface area contributed by atoms with Crippen LogP contribution < -0.4 is 4.74 Å². The fourth-order valence-corrected chi connectivity index (χ4v) is 3.00. The van der Waals surface area contributed by atoms with Gasteiger partial charge in [0.15, 0.2) is 0 Å². The van der Waals surface area contributed by atoms with Crippen molar-refractivity contribution in [1.82, 2.24) is 20.1 Å². The second-order valence-corrected chi connectivity index (χ2v) is 6.07. The molecule has 1 aliphatic rings. The number of hydrogen-bond donors (Lipinski definition) is 1. The van der Waals surface area contributed by atoms with E-state index in [0.717, 1.165) is 23.0 Å². The van der Waals surface area contributed by atoms with Crippen LogP contribution in [0.1, 0.15) is 22.5 Å². The van der Waals surface area contributed by atoms with Crippen LogP contribution in [0.3, 0.4) is 0 Å². The van der Waals surface area contributed by atoms with Gasteiger partial charge in [0.05, 0.1) is 12.2 Å². The van der Waals surface area contributed by atoms with E-state index in [-0.39, 0.29) is 12.0 Å². The Morgan fingerprint density at radius 1 is 1.25 bits per heavy atom. The molecule has 1 aliphatic heterocycles. The van der Waals surface area contributed by atoms with Gasteiger partial charge in [-0.15, -0.1) is 5.10 Å². The molecule has 6 nitrogen and oxygen atoms in total. The normalized spacial score (nSPS) is 17.4. The van der Waals surface area contributed by atoms with Gasteiger partial charge < -0.3 is 14.6 Å². The van der Waals surface area contributed by atoms with E-state index in [1.165, 1.54) is 0 Å². The first kappa shape index (κ1) is 14.7. The van der Waals surface area contributed by atoms with Gasteiger partial charge in [-0.3, -0.25) is 4.79 Å². The third-order valence-electron chi connectivity index (χ3n) is 4.29. The van der Waals surface area contributed by atoms with Crippen LogP contribution in [0.2, 0.25) is 0 Å². The largest absolute Gasteiger partial charge is 0.471 e. The van der Waals surface area contributed by atoms with Crippen molar-refractivity contribution >= 4 is 16.8 Å². The number of carbonyl (C=O) groups is 1. The Morgan fingerprint density at radius 3 is 3.00 bits per heavy atom. The van der Waals surface area contributed by atoms with Crippen molar-refractivity contribution in [1.29, 1.82) is 0 Å². The Morgan fingerprint density at radius 2 is 2.17 bits per heavy atom. The minimum Gasteiger partial charge on any atom is -0.471 e. The molecule has 1 N–H and O–H groups in total. The summed E-state index contributed by atoms with van der Waals surface area (Å²) in [6, 6.07) is 11.4. The maximum atomic E-state index is 12.7. The third-order valence-corrected chi connectivity index (χ3v) is 4.29. The van der Waals surface area contributed by atoms with Crippen LogP contribution in [0.25, 0.3) is 10.9 Å². The number of ether oxygens (including phenoxy) is 1. The molecule has 1 atom stereocenters. The number of amides is 1. The number of aromatic nitrogens is 3. The van der Waals surface area contributed by atoms with Crippen LogP contribution in [0.4, 0.5) is 0 Å². The Hall–Kier alpha value is -2.89. The quantitative estimate of drug-likeness (QED) is 0.804. The van der Waals surface area contributed by atoms with Crippen LogP contribution in [-0.2, 0) is 0 Å². The fourth-order valence-electron chi connectivity index (χ4n) is 3.00. The first-order valence-electron chi connectivity index (χ1n) is 8.02. The third kappa shape index (κ3) is 2.82. The number of nitrogens with one attached hydrogen (secondary N) is 1. The molecule has 0 aliphatic carbocycles. The number of likely N-dealkylation sites (tertiary alicyclic amines) is 1. The molecule has 3 aromatic rings. The van der Waals surface area contributed by atoms with Gasteiger partial charge in [0.25, 0.3) is 5.91 Å². The first-order chi connectivity index (χ1) is 11.7. The molecule has 0 spiro atoms. The van der Waals surface area contributed by atoms with Crippen LogP contribution in [-0.4, -0.2) is 45.2 Å². The maximum absolute atomic E-state index is 12.7. The highest BCUT2D eigenvalue weighted by Crippen LogP contribution is 2.20. The van der Waals surface area contributed by atoms with Crippen molar-refractivity contribution in [2.24, 2.45) is 0 Å². The SMILES string of the molecule is Cc1ccc(O[C@H]2CCN(C(=O)c3ccc4[nH]ccc4c3)C2)nn1. The molecule has 0 saturated carbocycles. The molecule has 122 valence electrons. The summed E-state index contributed by atoms with van der Waals surface area (Å²) >= 11 is 0. The second-order valence-electron chi connectivity index (χ2n) is 6.07. The van der Waals surface area contributed by atoms with E-state index in [9.17, 15) is 4.79 Å². The van der Waals surface area contributed by atoms with Crippen molar-refractivity contribution < 1.29 is 9.53 Å². The lowest BCUT2D eigenvalue weighted by Crippen LogP contribution is -2.31. The van der Waals surface area contributed by atoms with Gasteiger partial charge in [-0.1, -0.05) is 0 Å². The van der Waals surface area contributed by atoms with Gasteiger partial charge in [0, 0.05) is 41.7 Å². The van der Waals surface area contributed by atoms with Gasteiger partial charge in [0.1, 0.15) is 6.10 Å². The molecule has 0 unspecified atom stereocenters. The van der Waals surface area contributed by atoms with Crippen molar-refractivity contribution in [3.63, 3.8) is 0 Å². The molecule has 4 rings (SSSR count). The molecule has 2 aromatic heterocycles. The lowest BCUT2D eigenvalue weighted by molar-refractivity contribution is 0.0771. The topological polar surface area (TPSA) is 71.1 Å². The van der Waals surface area contributed by atoms with Crippen LogP contribution >= 0.6 is 0 Å². The minimum absolute atomic E-state index is 0.0399. The van der Waals surface area contributed by atoms with Crippen LogP contribution in [0, 0.1) is 6.92 Å². The van der Waals surface area contributed by atoms with E-state index in [1.54, 1.807) is 0 Å². The highest BCUT2D eigenvalue weighted by atomic mass is 16.5. The Balaban J connectivity index is 1.43. The fraction of sp³-hybridized carbons (Fsp3) is 0.278. The number of carbonyl (C=O) groups excluding carboxylic acids is 1. The molecule has 1 amide bonds. The molecule has 1 saturated heterocycles. The number of fused-ring (bicyclic) bond motifs is 1. The van der Waals surface area contributed by atoms with Crippen molar-refractivity contribution in [3.8, 4) is 5.88 Å². The molecule has 3 heterocycles. The average Bonchev–Trinajstić information content (AvgIpc) is 3.24. The predicted octanol–water partition coefficient (Wildman–Crippen LogP) is 2.56. The maximum Gasteiger partial charge on any atom is 0.254 e. The Kier molecular flexibility index (Phi) is 3.65. The first-order valence-corrected chi connectivity index (χ1v) is 8.02. The van der Waals surface area contributed by atoms with Gasteiger partial charge >= 0.3 is 0 Å². The van der Waals surface area contributed by atoms with Crippen LogP contribution in [0.15, 0.2) is 42.6 Å². The summed E-state index contributed by atoms with van der Waals surface area (Å²) in [5, 5.41) is 9.05. The number of nitrogens with zero attached hydrogens (tertiary/aromatic N) is 3. The molecular weight excluding hydrogens is 304 g/mol. The molecule has 24 heavy (non-hydrogen) atoms. The summed E-state index contributed by atoms with van der Waals surface area (Å²) in [5.41, 5.74) is 2.59. The summed E-state index contributed by atoms with van der Waals surface area (Å²) in [5.74, 6) is 0.549. The smallest absolute Gasteiger partial charge is 0.254 e. The van der Waals surface area contributed by atoms with Gasteiger partial charge in [-0.2, -0.15) is 5.10 Å². The van der Waals surface area contributed by atoms with E-state index < -0.39 is 0 Å². The predicted molar refractivity (Wildman–Crippen MR) is 90.0 cm³/mol. The highest BCUT2D eigenvalue weighted by Gasteiger charge is 2.28. The monoisotopic (exact) mass is 322 g/mol. The molecule has 0 radical (unpaired) electrons. The molecule has 1 aromatic carbocycles. The lowest BCUT2D eigenvalue weighted by atomic mass is 10.1. The van der Waals surface area contributed by atoms with Crippen molar-refractivity contribution in [2.75, 3.05) is 13.1 Å². The number of hydrogen-bond acceptors (Lipinski definition) is 4. The zero-order valence-electron chi connectivity index (χ0n) is 13.4.